The number of hydrogen-bond donors (Lipinski definition) is 0. The molecule has 0 fully saturated rings. The highest BCUT2D eigenvalue weighted by Crippen LogP contribution is 2.41. The van der Waals surface area contributed by atoms with E-state index in [1.807, 2.05) is 54.6 Å². The average molecular weight is 233 g/mol. The van der Waals surface area contributed by atoms with E-state index in [9.17, 15) is 10.1 Å². The van der Waals surface area contributed by atoms with E-state index >= 15 is 0 Å². The molecule has 0 aliphatic heterocycles. The summed E-state index contributed by atoms with van der Waals surface area (Å²) >= 11 is 0. The third kappa shape index (κ3) is 1.45. The van der Waals surface area contributed by atoms with E-state index in [-0.39, 0.29) is 11.7 Å². The number of carbonyl (C=O) groups excluding carboxylic acids is 1. The van der Waals surface area contributed by atoms with Gasteiger partial charge in [0.1, 0.15) is 5.92 Å². The second-order valence-corrected chi connectivity index (χ2v) is 4.45. The predicted molar refractivity (Wildman–Crippen MR) is 68.2 cm³/mol. The number of carbonyl (C=O) groups is 1. The van der Waals surface area contributed by atoms with E-state index in [1.165, 1.54) is 0 Å². The summed E-state index contributed by atoms with van der Waals surface area (Å²) in [5.41, 5.74) is 2.69. The molecule has 0 radical (unpaired) electrons. The normalized spacial score (nSPS) is 21.4. The molecule has 0 amide bonds. The number of nitrogens with zero attached hydrogens (tertiary/aromatic N) is 1. The Morgan fingerprint density at radius 3 is 2.33 bits per heavy atom. The van der Waals surface area contributed by atoms with Crippen LogP contribution in [-0.2, 0) is 0 Å². The minimum atomic E-state index is -0.593. The quantitative estimate of drug-likeness (QED) is 0.759. The minimum absolute atomic E-state index is 0.0537. The molecular weight excluding hydrogens is 222 g/mol. The maximum atomic E-state index is 12.2. The van der Waals surface area contributed by atoms with E-state index in [4.69, 9.17) is 0 Å². The SMILES string of the molecule is N#C[C@H]1C(=O)c2ccccc2[C@H]1c1ccccc1. The van der Waals surface area contributed by atoms with E-state index < -0.39 is 5.92 Å². The molecule has 2 atom stereocenters. The molecule has 2 aromatic rings. The van der Waals surface area contributed by atoms with Crippen LogP contribution in [0.1, 0.15) is 27.4 Å². The van der Waals surface area contributed by atoms with Gasteiger partial charge in [-0.1, -0.05) is 54.6 Å². The summed E-state index contributed by atoms with van der Waals surface area (Å²) < 4.78 is 0. The molecular formula is C16H11NO. The van der Waals surface area contributed by atoms with Gasteiger partial charge in [-0.2, -0.15) is 5.26 Å². The Hall–Kier alpha value is -2.40. The molecule has 1 aliphatic rings. The molecule has 18 heavy (non-hydrogen) atoms. The Morgan fingerprint density at radius 2 is 1.61 bits per heavy atom. The van der Waals surface area contributed by atoms with Gasteiger partial charge >= 0.3 is 0 Å². The molecule has 0 N–H and O–H groups in total. The molecule has 0 bridgehead atoms. The first-order valence-electron chi connectivity index (χ1n) is 5.90. The third-order valence-corrected chi connectivity index (χ3v) is 3.47. The van der Waals surface area contributed by atoms with Crippen molar-refractivity contribution in [2.75, 3.05) is 0 Å². The fourth-order valence-electron chi connectivity index (χ4n) is 2.66. The van der Waals surface area contributed by atoms with Crippen molar-refractivity contribution in [3.63, 3.8) is 0 Å². The van der Waals surface area contributed by atoms with Crippen LogP contribution in [0.3, 0.4) is 0 Å². The smallest absolute Gasteiger partial charge is 0.181 e. The Bertz CT molecular complexity index is 640. The van der Waals surface area contributed by atoms with Crippen LogP contribution < -0.4 is 0 Å². The fraction of sp³-hybridized carbons (Fsp3) is 0.125. The van der Waals surface area contributed by atoms with Crippen LogP contribution in [0.5, 0.6) is 0 Å². The molecule has 0 spiro atoms. The summed E-state index contributed by atoms with van der Waals surface area (Å²) in [6, 6.07) is 19.5. The maximum Gasteiger partial charge on any atom is 0.181 e. The number of ketones is 1. The van der Waals surface area contributed by atoms with Crippen LogP contribution in [0, 0.1) is 17.2 Å². The number of Topliss-reactive ketones (excluding diaryl/α,β-unsaturated/α-hetero) is 1. The Kier molecular flexibility index (Phi) is 2.46. The molecule has 0 unspecified atom stereocenters. The van der Waals surface area contributed by atoms with Crippen molar-refractivity contribution < 1.29 is 4.79 Å². The average Bonchev–Trinajstić information content (AvgIpc) is 2.73. The topological polar surface area (TPSA) is 40.9 Å². The lowest BCUT2D eigenvalue weighted by molar-refractivity contribution is 0.0958. The van der Waals surface area contributed by atoms with Gasteiger partial charge in [0.05, 0.1) is 6.07 Å². The first kappa shape index (κ1) is 10.7. The van der Waals surface area contributed by atoms with Crippen molar-refractivity contribution in [3.05, 3.63) is 71.3 Å². The van der Waals surface area contributed by atoms with Crippen LogP contribution in [0.15, 0.2) is 54.6 Å². The van der Waals surface area contributed by atoms with Gasteiger partial charge < -0.3 is 0 Å². The van der Waals surface area contributed by atoms with Crippen molar-refractivity contribution in [2.24, 2.45) is 5.92 Å². The number of nitriles is 1. The molecule has 1 aliphatic carbocycles. The highest BCUT2D eigenvalue weighted by molar-refractivity contribution is 6.05. The van der Waals surface area contributed by atoms with Crippen LogP contribution in [-0.4, -0.2) is 5.78 Å². The van der Waals surface area contributed by atoms with Gasteiger partial charge in [-0.25, -0.2) is 0 Å². The molecule has 3 rings (SSSR count). The zero-order valence-corrected chi connectivity index (χ0v) is 9.71. The first-order valence-corrected chi connectivity index (χ1v) is 5.90. The maximum absolute atomic E-state index is 12.2. The molecule has 0 aromatic heterocycles. The summed E-state index contributed by atoms with van der Waals surface area (Å²) in [7, 11) is 0. The molecule has 0 saturated carbocycles. The lowest BCUT2D eigenvalue weighted by Gasteiger charge is -2.14. The fourth-order valence-corrected chi connectivity index (χ4v) is 2.66. The van der Waals surface area contributed by atoms with Crippen LogP contribution >= 0.6 is 0 Å². The van der Waals surface area contributed by atoms with E-state index in [2.05, 4.69) is 6.07 Å². The van der Waals surface area contributed by atoms with Gasteiger partial charge in [0.2, 0.25) is 0 Å². The summed E-state index contributed by atoms with van der Waals surface area (Å²) in [6.07, 6.45) is 0. The molecule has 86 valence electrons. The Labute approximate surface area is 105 Å². The zero-order chi connectivity index (χ0) is 12.5. The van der Waals surface area contributed by atoms with Crippen molar-refractivity contribution >= 4 is 5.78 Å². The van der Waals surface area contributed by atoms with Crippen molar-refractivity contribution in [3.8, 4) is 6.07 Å². The predicted octanol–water partition coefficient (Wildman–Crippen LogP) is 3.15. The Morgan fingerprint density at radius 1 is 0.944 bits per heavy atom. The summed E-state index contributed by atoms with van der Waals surface area (Å²) in [4.78, 5) is 12.2. The highest BCUT2D eigenvalue weighted by atomic mass is 16.1. The monoisotopic (exact) mass is 233 g/mol. The van der Waals surface area contributed by atoms with Gasteiger partial charge in [-0.3, -0.25) is 4.79 Å². The highest BCUT2D eigenvalue weighted by Gasteiger charge is 2.40. The molecule has 0 heterocycles. The first-order chi connectivity index (χ1) is 8.83. The van der Waals surface area contributed by atoms with E-state index in [1.54, 1.807) is 0 Å². The van der Waals surface area contributed by atoms with E-state index in [0.29, 0.717) is 5.56 Å². The second-order valence-electron chi connectivity index (χ2n) is 4.45. The number of benzene rings is 2. The van der Waals surface area contributed by atoms with Crippen molar-refractivity contribution in [1.29, 1.82) is 5.26 Å². The molecule has 2 heteroatoms. The lowest BCUT2D eigenvalue weighted by Crippen LogP contribution is -2.12. The summed E-state index contributed by atoms with van der Waals surface area (Å²) in [6.45, 7) is 0. The van der Waals surface area contributed by atoms with E-state index in [0.717, 1.165) is 11.1 Å². The van der Waals surface area contributed by atoms with Gasteiger partial charge in [0.25, 0.3) is 0 Å². The minimum Gasteiger partial charge on any atom is -0.293 e. The molecule has 2 nitrogen and oxygen atoms in total. The number of fused-ring (bicyclic) bond motifs is 1. The van der Waals surface area contributed by atoms with Crippen molar-refractivity contribution in [2.45, 2.75) is 5.92 Å². The second kappa shape index (κ2) is 4.12. The third-order valence-electron chi connectivity index (χ3n) is 3.47. The largest absolute Gasteiger partial charge is 0.293 e. The van der Waals surface area contributed by atoms with Gasteiger partial charge in [0.15, 0.2) is 5.78 Å². The number of rotatable bonds is 1. The Balaban J connectivity index is 2.20. The summed E-state index contributed by atoms with van der Waals surface area (Å²) in [5, 5.41) is 9.27. The van der Waals surface area contributed by atoms with Crippen LogP contribution in [0.25, 0.3) is 0 Å². The molecule has 2 aromatic carbocycles. The lowest BCUT2D eigenvalue weighted by atomic mass is 9.86. The van der Waals surface area contributed by atoms with Gasteiger partial charge in [0, 0.05) is 11.5 Å². The van der Waals surface area contributed by atoms with Crippen LogP contribution in [0.4, 0.5) is 0 Å². The molecule has 0 saturated heterocycles. The standard InChI is InChI=1S/C16H11NO/c17-10-14-15(11-6-2-1-3-7-11)12-8-4-5-9-13(12)16(14)18/h1-9,14-15H/t14-,15-/m1/s1. The van der Waals surface area contributed by atoms with Crippen molar-refractivity contribution in [1.82, 2.24) is 0 Å². The summed E-state index contributed by atoms with van der Waals surface area (Å²) in [5.74, 6) is -0.772. The number of hydrogen-bond acceptors (Lipinski definition) is 2. The van der Waals surface area contributed by atoms with Gasteiger partial charge in [-0.15, -0.1) is 0 Å². The van der Waals surface area contributed by atoms with Gasteiger partial charge in [-0.05, 0) is 11.1 Å². The van der Waals surface area contributed by atoms with Crippen LogP contribution in [0.2, 0.25) is 0 Å². The zero-order valence-electron chi connectivity index (χ0n) is 9.71.